The molecular weight excluding hydrogens is 328 g/mol. The summed E-state index contributed by atoms with van der Waals surface area (Å²) in [5.74, 6) is -1.41. The van der Waals surface area contributed by atoms with Gasteiger partial charge in [-0.15, -0.1) is 0 Å². The maximum Gasteiger partial charge on any atom is 0.326 e. The fourth-order valence-electron chi connectivity index (χ4n) is 2.86. The summed E-state index contributed by atoms with van der Waals surface area (Å²) in [4.78, 5) is 44.5. The van der Waals surface area contributed by atoms with E-state index in [9.17, 15) is 19.5 Å². The Morgan fingerprint density at radius 3 is 2.80 bits per heavy atom. The quantitative estimate of drug-likeness (QED) is 0.372. The molecule has 1 aliphatic rings. The molecule has 2 amide bonds. The van der Waals surface area contributed by atoms with Crippen molar-refractivity contribution < 1.29 is 19.5 Å². The number of aromatic nitrogens is 2. The van der Waals surface area contributed by atoms with Crippen LogP contribution in [0.15, 0.2) is 6.33 Å². The summed E-state index contributed by atoms with van der Waals surface area (Å²) in [5, 5.41) is 11.8. The Labute approximate surface area is 145 Å². The lowest BCUT2D eigenvalue weighted by molar-refractivity contribution is -0.139. The van der Waals surface area contributed by atoms with Crippen LogP contribution in [0.2, 0.25) is 0 Å². The van der Waals surface area contributed by atoms with Gasteiger partial charge in [0.1, 0.15) is 6.04 Å². The highest BCUT2D eigenvalue weighted by atomic mass is 16.4. The number of urea groups is 1. The number of carbonyl (C=O) groups is 3. The molecule has 2 rings (SSSR count). The van der Waals surface area contributed by atoms with Crippen LogP contribution in [0.5, 0.6) is 0 Å². The lowest BCUT2D eigenvalue weighted by Crippen LogP contribution is -2.56. The number of rotatable bonds is 8. The average molecular weight is 352 g/mol. The molecule has 10 heteroatoms. The van der Waals surface area contributed by atoms with Crippen molar-refractivity contribution >= 4 is 17.8 Å². The summed E-state index contributed by atoms with van der Waals surface area (Å²) in [5.41, 5.74) is 12.3. The molecule has 2 atom stereocenters. The number of imidazole rings is 1. The number of nitrogens with two attached hydrogens (primary N) is 2. The Hall–Kier alpha value is -2.46. The van der Waals surface area contributed by atoms with Gasteiger partial charge in [-0.05, 0) is 25.8 Å². The number of hydrogen-bond acceptors (Lipinski definition) is 6. The SMILES string of the molecule is NCCCCC(NC(=O)N1Cc2[nH]cnc2CC1C(=O)CN)C(=O)O. The van der Waals surface area contributed by atoms with Crippen molar-refractivity contribution in [3.8, 4) is 0 Å². The van der Waals surface area contributed by atoms with Gasteiger partial charge >= 0.3 is 12.0 Å². The number of nitrogens with zero attached hydrogens (tertiary/aromatic N) is 2. The van der Waals surface area contributed by atoms with Crippen LogP contribution in [0.1, 0.15) is 30.7 Å². The van der Waals surface area contributed by atoms with E-state index in [2.05, 4.69) is 15.3 Å². The van der Waals surface area contributed by atoms with E-state index in [0.29, 0.717) is 25.1 Å². The minimum absolute atomic E-state index is 0.146. The molecule has 2 heterocycles. The van der Waals surface area contributed by atoms with Gasteiger partial charge in [0.2, 0.25) is 0 Å². The van der Waals surface area contributed by atoms with Crippen LogP contribution in [-0.4, -0.2) is 62.9 Å². The van der Waals surface area contributed by atoms with Crippen LogP contribution < -0.4 is 16.8 Å². The summed E-state index contributed by atoms with van der Waals surface area (Å²) in [6, 6.07) is -2.39. The van der Waals surface area contributed by atoms with Crippen LogP contribution in [-0.2, 0) is 22.6 Å². The lowest BCUT2D eigenvalue weighted by Gasteiger charge is -2.34. The molecule has 0 saturated carbocycles. The van der Waals surface area contributed by atoms with Crippen molar-refractivity contribution in [2.45, 2.75) is 44.3 Å². The van der Waals surface area contributed by atoms with Gasteiger partial charge in [-0.3, -0.25) is 4.79 Å². The van der Waals surface area contributed by atoms with Crippen molar-refractivity contribution in [1.29, 1.82) is 0 Å². The second-order valence-electron chi connectivity index (χ2n) is 5.97. The number of fused-ring (bicyclic) bond motifs is 1. The topological polar surface area (TPSA) is 167 Å². The molecule has 0 saturated heterocycles. The van der Waals surface area contributed by atoms with Gasteiger partial charge in [0, 0.05) is 6.42 Å². The number of hydrogen-bond donors (Lipinski definition) is 5. The second kappa shape index (κ2) is 8.58. The third kappa shape index (κ3) is 4.54. The van der Waals surface area contributed by atoms with Crippen LogP contribution in [0.3, 0.4) is 0 Å². The average Bonchev–Trinajstić information content (AvgIpc) is 3.06. The van der Waals surface area contributed by atoms with E-state index in [4.69, 9.17) is 11.5 Å². The number of Topliss-reactive ketones (excluding diaryl/α,β-unsaturated/α-hetero) is 1. The van der Waals surface area contributed by atoms with Crippen LogP contribution in [0.25, 0.3) is 0 Å². The van der Waals surface area contributed by atoms with Crippen molar-refractivity contribution in [1.82, 2.24) is 20.2 Å². The highest BCUT2D eigenvalue weighted by Crippen LogP contribution is 2.21. The molecule has 7 N–H and O–H groups in total. The first-order chi connectivity index (χ1) is 12.0. The molecule has 1 aliphatic heterocycles. The van der Waals surface area contributed by atoms with Crippen molar-refractivity contribution in [3.63, 3.8) is 0 Å². The van der Waals surface area contributed by atoms with Gasteiger partial charge in [-0.25, -0.2) is 14.6 Å². The first kappa shape index (κ1) is 18.9. The molecule has 0 bridgehead atoms. The fraction of sp³-hybridized carbons (Fsp3) is 0.600. The van der Waals surface area contributed by atoms with Gasteiger partial charge in [0.15, 0.2) is 5.78 Å². The smallest absolute Gasteiger partial charge is 0.326 e. The highest BCUT2D eigenvalue weighted by molar-refractivity contribution is 5.91. The van der Waals surface area contributed by atoms with E-state index in [1.807, 2.05) is 0 Å². The predicted octanol–water partition coefficient (Wildman–Crippen LogP) is -1.04. The summed E-state index contributed by atoms with van der Waals surface area (Å²) in [6.45, 7) is 0.405. The van der Waals surface area contributed by atoms with Crippen molar-refractivity contribution in [2.75, 3.05) is 13.1 Å². The Kier molecular flexibility index (Phi) is 6.48. The Balaban J connectivity index is 2.11. The number of unbranched alkanes of at least 4 members (excludes halogenated alkanes) is 1. The van der Waals surface area contributed by atoms with Crippen LogP contribution >= 0.6 is 0 Å². The zero-order valence-electron chi connectivity index (χ0n) is 13.9. The number of carboxylic acid groups (broad SMARTS) is 1. The highest BCUT2D eigenvalue weighted by Gasteiger charge is 2.36. The zero-order valence-corrected chi connectivity index (χ0v) is 13.9. The number of carbonyl (C=O) groups excluding carboxylic acids is 2. The largest absolute Gasteiger partial charge is 0.480 e. The van der Waals surface area contributed by atoms with E-state index in [1.165, 1.54) is 11.2 Å². The van der Waals surface area contributed by atoms with Gasteiger partial charge in [0.25, 0.3) is 0 Å². The van der Waals surface area contributed by atoms with E-state index in [1.54, 1.807) is 0 Å². The van der Waals surface area contributed by atoms with E-state index in [0.717, 1.165) is 5.69 Å². The van der Waals surface area contributed by atoms with E-state index >= 15 is 0 Å². The molecule has 10 nitrogen and oxygen atoms in total. The molecule has 0 aliphatic carbocycles. The number of amides is 2. The third-order valence-electron chi connectivity index (χ3n) is 4.28. The minimum Gasteiger partial charge on any atom is -0.480 e. The number of H-pyrrole nitrogens is 1. The molecule has 2 unspecified atom stereocenters. The maximum absolute atomic E-state index is 12.6. The predicted molar refractivity (Wildman–Crippen MR) is 88.5 cm³/mol. The summed E-state index contributed by atoms with van der Waals surface area (Å²) in [6.07, 6.45) is 3.30. The van der Waals surface area contributed by atoms with Crippen molar-refractivity contribution in [3.05, 3.63) is 17.7 Å². The van der Waals surface area contributed by atoms with Gasteiger partial charge in [-0.2, -0.15) is 0 Å². The first-order valence-electron chi connectivity index (χ1n) is 8.21. The molecule has 25 heavy (non-hydrogen) atoms. The van der Waals surface area contributed by atoms with E-state index < -0.39 is 24.1 Å². The molecule has 0 fully saturated rings. The van der Waals surface area contributed by atoms with Gasteiger partial charge < -0.3 is 31.8 Å². The molecule has 0 spiro atoms. The second-order valence-corrected chi connectivity index (χ2v) is 5.97. The lowest BCUT2D eigenvalue weighted by atomic mass is 9.99. The molecule has 1 aromatic heterocycles. The standard InChI is InChI=1S/C15H24N6O4/c16-4-2-1-3-9(14(23)24)20-15(25)21-7-11-10(18-8-19-11)5-12(21)13(22)6-17/h8-9,12H,1-7,16-17H2,(H,18,19)(H,20,25)(H,23,24). The minimum atomic E-state index is -1.12. The molecular formula is C15H24N6O4. The number of aliphatic carboxylic acids is 1. The Bertz CT molecular complexity index is 631. The third-order valence-corrected chi connectivity index (χ3v) is 4.28. The summed E-state index contributed by atoms with van der Waals surface area (Å²) < 4.78 is 0. The molecule has 0 radical (unpaired) electrons. The monoisotopic (exact) mass is 352 g/mol. The summed E-state index contributed by atoms with van der Waals surface area (Å²) >= 11 is 0. The van der Waals surface area contributed by atoms with Crippen LogP contribution in [0.4, 0.5) is 4.79 Å². The van der Waals surface area contributed by atoms with E-state index in [-0.39, 0.29) is 31.7 Å². The normalized spacial score (nSPS) is 17.7. The van der Waals surface area contributed by atoms with Gasteiger partial charge in [0.05, 0.1) is 36.8 Å². The maximum atomic E-state index is 12.6. The summed E-state index contributed by atoms with van der Waals surface area (Å²) in [7, 11) is 0. The Morgan fingerprint density at radius 2 is 2.16 bits per heavy atom. The molecule has 1 aromatic rings. The number of carboxylic acids is 1. The number of nitrogens with one attached hydrogen (secondary N) is 2. The Morgan fingerprint density at radius 1 is 1.40 bits per heavy atom. The van der Waals surface area contributed by atoms with Crippen molar-refractivity contribution in [2.24, 2.45) is 11.5 Å². The van der Waals surface area contributed by atoms with Crippen LogP contribution in [0, 0.1) is 0 Å². The number of aromatic amines is 1. The fourth-order valence-corrected chi connectivity index (χ4v) is 2.86. The van der Waals surface area contributed by atoms with Gasteiger partial charge in [-0.1, -0.05) is 0 Å². The number of ketones is 1. The molecule has 138 valence electrons. The molecule has 0 aromatic carbocycles. The first-order valence-corrected chi connectivity index (χ1v) is 8.21. The zero-order chi connectivity index (χ0) is 18.4.